The van der Waals surface area contributed by atoms with Crippen molar-refractivity contribution in [2.45, 2.75) is 71.4 Å². The smallest absolute Gasteiger partial charge is 0.269 e. The molecule has 0 bridgehead atoms. The highest BCUT2D eigenvalue weighted by Gasteiger charge is 2.47. The summed E-state index contributed by atoms with van der Waals surface area (Å²) in [6.07, 6.45) is 12.9. The fraction of sp³-hybridized carbons (Fsp3) is 0.485. The van der Waals surface area contributed by atoms with E-state index < -0.39 is 11.1 Å². The lowest BCUT2D eigenvalue weighted by Gasteiger charge is -2.52. The Morgan fingerprint density at radius 3 is 2.50 bits per heavy atom. The molecule has 1 aromatic rings. The van der Waals surface area contributed by atoms with Crippen molar-refractivity contribution in [2.75, 3.05) is 26.7 Å². The normalized spacial score (nSPS) is 18.7. The molecule has 0 unspecified atom stereocenters. The minimum absolute atomic E-state index is 0.127. The predicted octanol–water partition coefficient (Wildman–Crippen LogP) is 5.55. The van der Waals surface area contributed by atoms with Gasteiger partial charge in [0.25, 0.3) is 5.91 Å². The van der Waals surface area contributed by atoms with Crippen LogP contribution in [0.15, 0.2) is 65.7 Å². The zero-order valence-corrected chi connectivity index (χ0v) is 24.9. The molecule has 1 aliphatic carbocycles. The largest absolute Gasteiger partial charge is 0.347 e. The number of amides is 2. The van der Waals surface area contributed by atoms with Crippen molar-refractivity contribution in [1.29, 1.82) is 0 Å². The van der Waals surface area contributed by atoms with Crippen LogP contribution in [0.4, 0.5) is 4.39 Å². The molecule has 2 aliphatic rings. The highest BCUT2D eigenvalue weighted by Crippen LogP contribution is 2.32. The van der Waals surface area contributed by atoms with E-state index in [1.165, 1.54) is 25.3 Å². The lowest BCUT2D eigenvalue weighted by Crippen LogP contribution is -2.72. The SMILES string of the molecule is C=C/C=C\C=C(/C)C(C)(C)NC(=O)CC1(NC(=O)C(/C=C(\C)c2ccc(C)cc2F)=NC)CN(CC2CCC2)C1. The first kappa shape index (κ1) is 31.2. The van der Waals surface area contributed by atoms with Gasteiger partial charge in [-0.05, 0) is 82.2 Å². The maximum atomic E-state index is 14.6. The third kappa shape index (κ3) is 8.10. The number of likely N-dealkylation sites (tertiary alicyclic amines) is 1. The lowest BCUT2D eigenvalue weighted by molar-refractivity contribution is -0.128. The molecule has 0 aromatic heterocycles. The van der Waals surface area contributed by atoms with Crippen LogP contribution in [0.25, 0.3) is 5.57 Å². The van der Waals surface area contributed by atoms with Crippen molar-refractivity contribution in [3.63, 3.8) is 0 Å². The number of hydrogen-bond acceptors (Lipinski definition) is 4. The molecule has 0 atom stereocenters. The monoisotopic (exact) mass is 548 g/mol. The van der Waals surface area contributed by atoms with Crippen molar-refractivity contribution in [2.24, 2.45) is 10.9 Å². The van der Waals surface area contributed by atoms with Gasteiger partial charge in [-0.15, -0.1) is 0 Å². The Balaban J connectivity index is 1.75. The Kier molecular flexibility index (Phi) is 10.4. The molecule has 2 amide bonds. The number of halogens is 1. The van der Waals surface area contributed by atoms with Crippen LogP contribution in [0.3, 0.4) is 0 Å². The van der Waals surface area contributed by atoms with Crippen LogP contribution in [0.2, 0.25) is 0 Å². The number of benzene rings is 1. The predicted molar refractivity (Wildman–Crippen MR) is 163 cm³/mol. The zero-order valence-electron chi connectivity index (χ0n) is 24.9. The molecule has 1 saturated carbocycles. The van der Waals surface area contributed by atoms with E-state index in [0.717, 1.165) is 17.7 Å². The van der Waals surface area contributed by atoms with Gasteiger partial charge in [-0.25, -0.2) is 4.39 Å². The van der Waals surface area contributed by atoms with Crippen LogP contribution in [0.1, 0.15) is 64.5 Å². The Labute approximate surface area is 239 Å². The van der Waals surface area contributed by atoms with Crippen LogP contribution in [0, 0.1) is 18.7 Å². The molecule has 7 heteroatoms. The maximum absolute atomic E-state index is 14.6. The molecule has 1 aliphatic heterocycles. The van der Waals surface area contributed by atoms with E-state index in [1.807, 2.05) is 52.0 Å². The molecule has 3 rings (SSSR count). The topological polar surface area (TPSA) is 73.8 Å². The quantitative estimate of drug-likeness (QED) is 0.266. The molecule has 216 valence electrons. The summed E-state index contributed by atoms with van der Waals surface area (Å²) < 4.78 is 14.6. The summed E-state index contributed by atoms with van der Waals surface area (Å²) >= 11 is 0. The molecular weight excluding hydrogens is 503 g/mol. The first-order chi connectivity index (χ1) is 18.9. The van der Waals surface area contributed by atoms with Gasteiger partial charge in [0.05, 0.1) is 17.5 Å². The third-order valence-corrected chi connectivity index (χ3v) is 8.08. The average molecular weight is 549 g/mol. The molecule has 1 heterocycles. The summed E-state index contributed by atoms with van der Waals surface area (Å²) in [4.78, 5) is 33.3. The van der Waals surface area contributed by atoms with E-state index in [0.29, 0.717) is 30.1 Å². The van der Waals surface area contributed by atoms with E-state index >= 15 is 0 Å². The average Bonchev–Trinajstić information content (AvgIpc) is 2.82. The molecule has 0 radical (unpaired) electrons. The summed E-state index contributed by atoms with van der Waals surface area (Å²) in [6.45, 7) is 15.4. The third-order valence-electron chi connectivity index (χ3n) is 8.08. The fourth-order valence-corrected chi connectivity index (χ4v) is 5.26. The highest BCUT2D eigenvalue weighted by molar-refractivity contribution is 6.44. The van der Waals surface area contributed by atoms with E-state index in [4.69, 9.17) is 0 Å². The van der Waals surface area contributed by atoms with E-state index in [2.05, 4.69) is 27.1 Å². The standard InChI is InChI=1S/C33H45FN4O2/c1-8-9-10-12-25(4)32(5,6)36-30(39)19-33(21-38(22-33)20-26-13-11-14-26)37-31(40)29(35-7)18-24(3)27-16-15-23(2)17-28(27)34/h8-10,12,15-18,26H,1,11,13-14,19-22H2,2-7H3,(H,36,39)(H,37,40)/b10-9-,24-18+,25-12+,35-29?. The van der Waals surface area contributed by atoms with E-state index in [-0.39, 0.29) is 29.8 Å². The molecule has 2 N–H and O–H groups in total. The van der Waals surface area contributed by atoms with Gasteiger partial charge in [0.1, 0.15) is 11.5 Å². The van der Waals surface area contributed by atoms with Gasteiger partial charge in [-0.3, -0.25) is 19.5 Å². The number of aliphatic imine (C=N–C) groups is 1. The summed E-state index contributed by atoms with van der Waals surface area (Å²) in [5, 5.41) is 6.29. The number of nitrogens with zero attached hydrogens (tertiary/aromatic N) is 2. The maximum Gasteiger partial charge on any atom is 0.269 e. The van der Waals surface area contributed by atoms with E-state index in [1.54, 1.807) is 32.2 Å². The molecule has 40 heavy (non-hydrogen) atoms. The second-order valence-electron chi connectivity index (χ2n) is 11.9. The van der Waals surface area contributed by atoms with Crippen LogP contribution >= 0.6 is 0 Å². The number of nitrogens with one attached hydrogen (secondary N) is 2. The van der Waals surface area contributed by atoms with Crippen LogP contribution < -0.4 is 10.6 Å². The van der Waals surface area contributed by atoms with Gasteiger partial charge in [0.15, 0.2) is 0 Å². The van der Waals surface area contributed by atoms with Crippen molar-refractivity contribution < 1.29 is 14.0 Å². The van der Waals surface area contributed by atoms with Crippen molar-refractivity contribution >= 4 is 23.1 Å². The molecule has 0 spiro atoms. The summed E-state index contributed by atoms with van der Waals surface area (Å²) in [6, 6.07) is 5.02. The van der Waals surface area contributed by atoms with E-state index in [9.17, 15) is 14.0 Å². The molecule has 6 nitrogen and oxygen atoms in total. The Hall–Kier alpha value is -3.32. The minimum atomic E-state index is -0.700. The first-order valence-corrected chi connectivity index (χ1v) is 14.1. The number of carbonyl (C=O) groups excluding carboxylic acids is 2. The van der Waals surface area contributed by atoms with Gasteiger partial charge in [0.2, 0.25) is 5.91 Å². The fourth-order valence-electron chi connectivity index (χ4n) is 5.26. The summed E-state index contributed by atoms with van der Waals surface area (Å²) in [7, 11) is 1.55. The Morgan fingerprint density at radius 1 is 1.23 bits per heavy atom. The molecular formula is C33H45FN4O2. The van der Waals surface area contributed by atoms with Crippen LogP contribution in [0.5, 0.6) is 0 Å². The number of carbonyl (C=O) groups is 2. The highest BCUT2D eigenvalue weighted by atomic mass is 19.1. The van der Waals surface area contributed by atoms with Crippen molar-refractivity contribution in [3.05, 3.63) is 77.7 Å². The lowest BCUT2D eigenvalue weighted by atomic mass is 9.80. The van der Waals surface area contributed by atoms with Crippen molar-refractivity contribution in [3.8, 4) is 0 Å². The second kappa shape index (κ2) is 13.4. The van der Waals surface area contributed by atoms with Crippen LogP contribution in [-0.4, -0.2) is 60.2 Å². The zero-order chi connectivity index (χ0) is 29.5. The van der Waals surface area contributed by atoms with Gasteiger partial charge in [-0.2, -0.15) is 0 Å². The number of aryl methyl sites for hydroxylation is 1. The Morgan fingerprint density at radius 2 is 1.93 bits per heavy atom. The summed E-state index contributed by atoms with van der Waals surface area (Å²) in [5.41, 5.74) is 1.80. The van der Waals surface area contributed by atoms with Crippen LogP contribution in [-0.2, 0) is 9.59 Å². The Bertz CT molecular complexity index is 1230. The van der Waals surface area contributed by atoms with Gasteiger partial charge >= 0.3 is 0 Å². The second-order valence-corrected chi connectivity index (χ2v) is 11.9. The molecule has 1 aromatic carbocycles. The minimum Gasteiger partial charge on any atom is -0.347 e. The molecule has 1 saturated heterocycles. The number of hydrogen-bond donors (Lipinski definition) is 2. The van der Waals surface area contributed by atoms with Crippen molar-refractivity contribution in [1.82, 2.24) is 15.5 Å². The number of rotatable bonds is 12. The summed E-state index contributed by atoms with van der Waals surface area (Å²) in [5.74, 6) is -0.135. The van der Waals surface area contributed by atoms with Gasteiger partial charge < -0.3 is 10.6 Å². The van der Waals surface area contributed by atoms with Gasteiger partial charge in [0, 0.05) is 32.2 Å². The molecule has 2 fully saturated rings. The first-order valence-electron chi connectivity index (χ1n) is 14.1. The number of allylic oxidation sites excluding steroid dienone is 5. The van der Waals surface area contributed by atoms with Gasteiger partial charge in [-0.1, -0.05) is 49.4 Å².